The molecule has 0 amide bonds. The molecule has 164 valence electrons. The third-order valence-corrected chi connectivity index (χ3v) is 3.35. The predicted molar refractivity (Wildman–Crippen MR) is 117 cm³/mol. The van der Waals surface area contributed by atoms with Crippen molar-refractivity contribution in [3.63, 3.8) is 0 Å². The maximum atomic E-state index is 12.2. The van der Waals surface area contributed by atoms with Crippen molar-refractivity contribution in [3.8, 4) is 0 Å². The molecule has 4 nitrogen and oxygen atoms in total. The number of benzene rings is 2. The Labute approximate surface area is 197 Å². The number of allylic oxidation sites excluding steroid dienone is 8. The van der Waals surface area contributed by atoms with Crippen LogP contribution in [0, 0.1) is 23.8 Å². The van der Waals surface area contributed by atoms with E-state index in [1.807, 2.05) is 24.3 Å². The van der Waals surface area contributed by atoms with Crippen molar-refractivity contribution in [2.24, 2.45) is 0 Å². The first kappa shape index (κ1) is 28.8. The summed E-state index contributed by atoms with van der Waals surface area (Å²) in [7, 11) is 0. The quantitative estimate of drug-likeness (QED) is 0.439. The van der Waals surface area contributed by atoms with Gasteiger partial charge in [-0.15, -0.1) is 12.8 Å². The summed E-state index contributed by atoms with van der Waals surface area (Å²) in [5.74, 6) is -2.94. The molecular weight excluding hydrogens is 450 g/mol. The van der Waals surface area contributed by atoms with Crippen LogP contribution in [0.1, 0.15) is 33.6 Å². The molecule has 0 aliphatic heterocycles. The third kappa shape index (κ3) is 14.7. The number of halogens is 2. The molecule has 0 atom stereocenters. The van der Waals surface area contributed by atoms with E-state index >= 15 is 0 Å². The van der Waals surface area contributed by atoms with Gasteiger partial charge < -0.3 is 10.2 Å². The monoisotopic (exact) mass is 472 g/mol. The second kappa shape index (κ2) is 18.5. The number of hydrogen-bond acceptors (Lipinski definition) is 2. The second-order valence-corrected chi connectivity index (χ2v) is 5.63. The average Bonchev–Trinajstić information content (AvgIpc) is 3.55. The fourth-order valence-corrected chi connectivity index (χ4v) is 1.87. The van der Waals surface area contributed by atoms with E-state index in [4.69, 9.17) is 10.2 Å². The summed E-state index contributed by atoms with van der Waals surface area (Å²) in [5, 5.41) is 16.7. The van der Waals surface area contributed by atoms with Crippen LogP contribution >= 0.6 is 0 Å². The molecule has 0 spiro atoms. The Morgan fingerprint density at radius 3 is 1.19 bits per heavy atom. The third-order valence-electron chi connectivity index (χ3n) is 3.35. The van der Waals surface area contributed by atoms with Crippen molar-refractivity contribution in [1.82, 2.24) is 0 Å². The van der Waals surface area contributed by atoms with Gasteiger partial charge in [0.2, 0.25) is 0 Å². The van der Waals surface area contributed by atoms with E-state index in [0.717, 1.165) is 37.1 Å². The van der Waals surface area contributed by atoms with Gasteiger partial charge in [-0.05, 0) is 48.5 Å². The van der Waals surface area contributed by atoms with Crippen LogP contribution in [0.3, 0.4) is 0 Å². The van der Waals surface area contributed by atoms with Gasteiger partial charge in [0, 0.05) is 0 Å². The standard InChI is InChI=1S/2C7H5FO2.2C5H5.CH2.Ti/c2*8-6-3-1-5(2-4-6)7(9)10;2*1-2-4-5-3-1;;/h2*1-4H,(H,9,10);2*1-3H,4H2;1H2;/q;;2*-1;;+2. The topological polar surface area (TPSA) is 74.6 Å². The molecule has 0 bridgehead atoms. The molecule has 0 unspecified atom stereocenters. The van der Waals surface area contributed by atoms with E-state index in [1.165, 1.54) is 24.3 Å². The van der Waals surface area contributed by atoms with Crippen LogP contribution in [0.4, 0.5) is 8.78 Å². The Hall–Kier alpha value is -3.22. The average molecular weight is 472 g/mol. The molecule has 4 rings (SSSR count). The maximum absolute atomic E-state index is 12.2. The molecular formula is C25H22F2O4Ti. The number of carboxylic acid groups (broad SMARTS) is 2. The second-order valence-electron chi connectivity index (χ2n) is 5.63. The molecule has 0 aromatic heterocycles. The molecule has 2 aromatic carbocycles. The van der Waals surface area contributed by atoms with Gasteiger partial charge in [-0.3, -0.25) is 12.2 Å². The molecule has 7 heteroatoms. The van der Waals surface area contributed by atoms with Crippen LogP contribution in [0.2, 0.25) is 0 Å². The van der Waals surface area contributed by atoms with Crippen molar-refractivity contribution < 1.29 is 48.6 Å². The Morgan fingerprint density at radius 1 is 0.719 bits per heavy atom. The Morgan fingerprint density at radius 2 is 1.03 bits per heavy atom. The SMILES string of the molecule is O=C(O)c1ccc(F)cc1.O=C(O)c1ccc(F)cc1.[C-]1=CC=CC1.[C-]1=CC=CC1.[CH2]=[Ti+2]. The van der Waals surface area contributed by atoms with Gasteiger partial charge in [0.15, 0.2) is 0 Å². The molecule has 2 aliphatic carbocycles. The number of carboxylic acids is 2. The molecule has 0 heterocycles. The Bertz CT molecular complexity index is 834. The first-order valence-corrected chi connectivity index (χ1v) is 10.3. The minimum absolute atomic E-state index is 0.0985. The summed E-state index contributed by atoms with van der Waals surface area (Å²) in [4.78, 5) is 23.6. The normalized spacial score (nSPS) is 11.5. The molecule has 0 fully saturated rings. The fourth-order valence-electron chi connectivity index (χ4n) is 1.87. The Balaban J connectivity index is 0.000000407. The number of aromatic carboxylic acids is 2. The summed E-state index contributed by atoms with van der Waals surface area (Å²) in [6.07, 6.45) is 20.0. The molecule has 2 aliphatic rings. The molecule has 0 radical (unpaired) electrons. The van der Waals surface area contributed by atoms with Crippen LogP contribution in [-0.4, -0.2) is 27.0 Å². The zero-order chi connectivity index (χ0) is 24.2. The van der Waals surface area contributed by atoms with E-state index in [9.17, 15) is 18.4 Å². The van der Waals surface area contributed by atoms with Gasteiger partial charge in [0.05, 0.1) is 11.1 Å². The van der Waals surface area contributed by atoms with Crippen molar-refractivity contribution in [1.29, 1.82) is 0 Å². The van der Waals surface area contributed by atoms with E-state index in [-0.39, 0.29) is 11.1 Å². The van der Waals surface area contributed by atoms with Crippen LogP contribution in [-0.2, 0) is 20.0 Å². The zero-order valence-corrected chi connectivity index (χ0v) is 18.7. The van der Waals surface area contributed by atoms with Crippen LogP contribution < -0.4 is 0 Å². The van der Waals surface area contributed by atoms with Gasteiger partial charge in [-0.2, -0.15) is 12.2 Å². The number of rotatable bonds is 2. The number of hydrogen-bond donors (Lipinski definition) is 2. The van der Waals surface area contributed by atoms with Gasteiger partial charge in [-0.1, -0.05) is 0 Å². The first-order valence-electron chi connectivity index (χ1n) is 9.16. The summed E-state index contributed by atoms with van der Waals surface area (Å²) in [6.45, 7) is 0. The van der Waals surface area contributed by atoms with E-state index < -0.39 is 23.6 Å². The molecule has 2 N–H and O–H groups in total. The minimum atomic E-state index is -1.04. The molecule has 2 aromatic rings. The van der Waals surface area contributed by atoms with Crippen molar-refractivity contribution in [2.45, 2.75) is 12.8 Å². The van der Waals surface area contributed by atoms with E-state index in [1.54, 1.807) is 20.0 Å². The molecule has 32 heavy (non-hydrogen) atoms. The van der Waals surface area contributed by atoms with Crippen LogP contribution in [0.15, 0.2) is 85.0 Å². The van der Waals surface area contributed by atoms with E-state index in [2.05, 4.69) is 29.1 Å². The fraction of sp³-hybridized carbons (Fsp3) is 0.0800. The molecule has 0 saturated heterocycles. The predicted octanol–water partition coefficient (Wildman–Crippen LogP) is 5.62. The first-order chi connectivity index (χ1) is 15.4. The van der Waals surface area contributed by atoms with Gasteiger partial charge >= 0.3 is 36.7 Å². The van der Waals surface area contributed by atoms with Crippen molar-refractivity contribution >= 4 is 16.8 Å². The van der Waals surface area contributed by atoms with Crippen LogP contribution in [0.25, 0.3) is 0 Å². The van der Waals surface area contributed by atoms with Gasteiger partial charge in [0.25, 0.3) is 0 Å². The summed E-state index contributed by atoms with van der Waals surface area (Å²) >= 11 is 1.75. The van der Waals surface area contributed by atoms with E-state index in [0.29, 0.717) is 0 Å². The van der Waals surface area contributed by atoms with Gasteiger partial charge in [-0.25, -0.2) is 42.7 Å². The summed E-state index contributed by atoms with van der Waals surface area (Å²) in [5.41, 5.74) is 0.197. The molecule has 0 saturated carbocycles. The summed E-state index contributed by atoms with van der Waals surface area (Å²) in [6, 6.07) is 9.34. The van der Waals surface area contributed by atoms with Crippen molar-refractivity contribution in [2.75, 3.05) is 0 Å². The van der Waals surface area contributed by atoms with Gasteiger partial charge in [0.1, 0.15) is 11.6 Å². The Kier molecular flexibility index (Phi) is 16.7. The summed E-state index contributed by atoms with van der Waals surface area (Å²) < 4.78 is 24.3. The number of carbonyl (C=O) groups is 2. The van der Waals surface area contributed by atoms with Crippen LogP contribution in [0.5, 0.6) is 0 Å². The zero-order valence-electron chi connectivity index (χ0n) is 17.2. The van der Waals surface area contributed by atoms with Crippen molar-refractivity contribution in [3.05, 3.63) is 120 Å².